The Balaban J connectivity index is 0.000000233. The van der Waals surface area contributed by atoms with Crippen LogP contribution in [0.15, 0.2) is 112 Å². The summed E-state index contributed by atoms with van der Waals surface area (Å²) in [6.45, 7) is 7.32. The van der Waals surface area contributed by atoms with Crippen LogP contribution in [0.3, 0.4) is 0 Å². The topological polar surface area (TPSA) is 190 Å². The Morgan fingerprint density at radius 3 is 2.37 bits per heavy atom. The number of phenols is 1. The van der Waals surface area contributed by atoms with Gasteiger partial charge in [0.15, 0.2) is 0 Å². The van der Waals surface area contributed by atoms with Crippen LogP contribution >= 0.6 is 11.6 Å². The number of halogens is 1. The van der Waals surface area contributed by atoms with Gasteiger partial charge in [-0.15, -0.1) is 0 Å². The second kappa shape index (κ2) is 18.7. The number of sulfonamides is 1. The molecule has 0 amide bonds. The van der Waals surface area contributed by atoms with Crippen LogP contribution in [-0.2, 0) is 10.0 Å². The fourth-order valence-corrected chi connectivity index (χ4v) is 6.13. The minimum atomic E-state index is -3.79. The van der Waals surface area contributed by atoms with Crippen LogP contribution in [0.2, 0.25) is 5.02 Å². The third-order valence-electron chi connectivity index (χ3n) is 7.62. The van der Waals surface area contributed by atoms with E-state index in [2.05, 4.69) is 49.0 Å². The van der Waals surface area contributed by atoms with Gasteiger partial charge in [0.05, 0.1) is 28.4 Å². The standard InChI is InChI=1S/C18H26ClN3O.C18H14N4O5S/c1-3-22(11-12-23)10-4-5-14(2)21-17-8-9-20-18-13-15(19)6-7-16(17)18;23-16-9-6-13(11-15(16)18(24)25)21-20-12-4-7-14(8-5-12)28(26,27)22-17-3-1-2-10-19-17/h6-9,13-14,23H,3-5,10-12H2,1-2H3,(H,20,21);1-11,23H,(H,19,22)(H,24,25)/b;21-20+. The van der Waals surface area contributed by atoms with Crippen LogP contribution in [0.1, 0.15) is 37.0 Å². The maximum absolute atomic E-state index is 12.3. The first-order valence-corrected chi connectivity index (χ1v) is 18.0. The number of aromatic nitrogens is 2. The lowest BCUT2D eigenvalue weighted by atomic mass is 10.1. The van der Waals surface area contributed by atoms with E-state index in [4.69, 9.17) is 21.8 Å². The summed E-state index contributed by atoms with van der Waals surface area (Å²) in [5, 5.41) is 40.7. The normalized spacial score (nSPS) is 12.0. The summed E-state index contributed by atoms with van der Waals surface area (Å²) in [5.41, 5.74) is 2.31. The van der Waals surface area contributed by atoms with Gasteiger partial charge in [-0.05, 0) is 112 Å². The molecular weight excluding hydrogens is 694 g/mol. The Morgan fingerprint density at radius 2 is 1.69 bits per heavy atom. The van der Waals surface area contributed by atoms with Crippen LogP contribution < -0.4 is 10.0 Å². The van der Waals surface area contributed by atoms with E-state index in [1.54, 1.807) is 12.1 Å². The largest absolute Gasteiger partial charge is 0.507 e. The van der Waals surface area contributed by atoms with Crippen molar-refractivity contribution in [3.05, 3.63) is 108 Å². The van der Waals surface area contributed by atoms with Crippen molar-refractivity contribution in [2.45, 2.75) is 37.6 Å². The van der Waals surface area contributed by atoms with Crippen LogP contribution in [0, 0.1) is 0 Å². The molecule has 51 heavy (non-hydrogen) atoms. The van der Waals surface area contributed by atoms with Crippen LogP contribution in [0.4, 0.5) is 22.9 Å². The Labute approximate surface area is 301 Å². The number of pyridine rings is 2. The lowest BCUT2D eigenvalue weighted by Gasteiger charge is -2.21. The molecule has 268 valence electrons. The Hall–Kier alpha value is -5.15. The summed E-state index contributed by atoms with van der Waals surface area (Å²) in [4.78, 5) is 21.6. The second-order valence-corrected chi connectivity index (χ2v) is 13.5. The lowest BCUT2D eigenvalue weighted by Crippen LogP contribution is -2.28. The number of aromatic hydroxyl groups is 1. The number of carbonyl (C=O) groups is 1. The van der Waals surface area contributed by atoms with E-state index in [0.717, 1.165) is 49.1 Å². The average molecular weight is 734 g/mol. The molecule has 0 saturated carbocycles. The van der Waals surface area contributed by atoms with Gasteiger partial charge in [-0.1, -0.05) is 24.6 Å². The van der Waals surface area contributed by atoms with E-state index in [1.165, 1.54) is 54.7 Å². The molecule has 2 aromatic heterocycles. The zero-order valence-electron chi connectivity index (χ0n) is 28.1. The Morgan fingerprint density at radius 1 is 0.941 bits per heavy atom. The summed E-state index contributed by atoms with van der Waals surface area (Å²) in [5.74, 6) is -1.46. The molecule has 0 saturated heterocycles. The van der Waals surface area contributed by atoms with Gasteiger partial charge >= 0.3 is 5.97 Å². The quantitative estimate of drug-likeness (QED) is 0.0674. The summed E-state index contributed by atoms with van der Waals surface area (Å²) >= 11 is 6.03. The number of anilines is 2. The van der Waals surface area contributed by atoms with Crippen molar-refractivity contribution in [2.75, 3.05) is 36.3 Å². The van der Waals surface area contributed by atoms with Crippen molar-refractivity contribution in [3.63, 3.8) is 0 Å². The molecule has 0 aliphatic carbocycles. The summed E-state index contributed by atoms with van der Waals surface area (Å²) in [7, 11) is -3.79. The zero-order valence-corrected chi connectivity index (χ0v) is 29.7. The molecule has 5 N–H and O–H groups in total. The van der Waals surface area contributed by atoms with Crippen molar-refractivity contribution in [1.82, 2.24) is 14.9 Å². The molecule has 0 bridgehead atoms. The predicted molar refractivity (Wildman–Crippen MR) is 199 cm³/mol. The number of aliphatic hydroxyl groups excluding tert-OH is 1. The van der Waals surface area contributed by atoms with Crippen molar-refractivity contribution in [1.29, 1.82) is 0 Å². The highest BCUT2D eigenvalue weighted by Gasteiger charge is 2.15. The van der Waals surface area contributed by atoms with Crippen molar-refractivity contribution >= 4 is 61.4 Å². The Bertz CT molecular complexity index is 2030. The number of nitrogens with zero attached hydrogens (tertiary/aromatic N) is 5. The SMILES string of the molecule is CCN(CCO)CCCC(C)Nc1ccnc2cc(Cl)ccc12.O=C(O)c1cc(/N=N/c2ccc(S(=O)(=O)Nc3ccccn3)cc2)ccc1O. The number of azo groups is 1. The molecule has 1 atom stereocenters. The predicted octanol–water partition coefficient (Wildman–Crippen LogP) is 7.48. The van der Waals surface area contributed by atoms with E-state index in [1.807, 2.05) is 30.5 Å². The second-order valence-electron chi connectivity index (χ2n) is 11.4. The molecule has 1 unspecified atom stereocenters. The van der Waals surface area contributed by atoms with Crippen molar-refractivity contribution < 1.29 is 28.5 Å². The van der Waals surface area contributed by atoms with Crippen molar-refractivity contribution in [3.8, 4) is 5.75 Å². The van der Waals surface area contributed by atoms with E-state index in [-0.39, 0.29) is 34.3 Å². The van der Waals surface area contributed by atoms with E-state index in [9.17, 15) is 18.3 Å². The molecule has 2 heterocycles. The monoisotopic (exact) mass is 733 g/mol. The third-order valence-corrected chi connectivity index (χ3v) is 9.23. The van der Waals surface area contributed by atoms with E-state index in [0.29, 0.717) is 16.8 Å². The number of nitrogens with one attached hydrogen (secondary N) is 2. The van der Waals surface area contributed by atoms with Gasteiger partial charge in [0.1, 0.15) is 17.1 Å². The molecule has 5 rings (SSSR count). The number of hydrogen-bond acceptors (Lipinski definition) is 11. The minimum absolute atomic E-state index is 0.0231. The van der Waals surface area contributed by atoms with Gasteiger partial charge in [-0.25, -0.2) is 18.2 Å². The zero-order chi connectivity index (χ0) is 36.8. The maximum Gasteiger partial charge on any atom is 0.339 e. The van der Waals surface area contributed by atoms with Crippen LogP contribution in [-0.4, -0.2) is 76.9 Å². The first-order valence-electron chi connectivity index (χ1n) is 16.1. The average Bonchev–Trinajstić information content (AvgIpc) is 3.11. The highest BCUT2D eigenvalue weighted by molar-refractivity contribution is 7.92. The number of aliphatic hydroxyl groups is 1. The minimum Gasteiger partial charge on any atom is -0.507 e. The fourth-order valence-electron chi connectivity index (χ4n) is 4.96. The van der Waals surface area contributed by atoms with Gasteiger partial charge in [-0.3, -0.25) is 9.71 Å². The third kappa shape index (κ3) is 11.7. The van der Waals surface area contributed by atoms with Crippen molar-refractivity contribution in [2.24, 2.45) is 10.2 Å². The number of carboxylic acids is 1. The van der Waals surface area contributed by atoms with Gasteiger partial charge in [-0.2, -0.15) is 10.2 Å². The Kier molecular flexibility index (Phi) is 14.2. The summed E-state index contributed by atoms with van der Waals surface area (Å²) in [6.07, 6.45) is 5.48. The first-order chi connectivity index (χ1) is 24.5. The summed E-state index contributed by atoms with van der Waals surface area (Å²) < 4.78 is 27.0. The van der Waals surface area contributed by atoms with Gasteiger partial charge in [0.25, 0.3) is 10.0 Å². The number of likely N-dealkylation sites (N-methyl/N-ethyl adjacent to an activating group) is 1. The summed E-state index contributed by atoms with van der Waals surface area (Å²) in [6, 6.07) is 22.5. The van der Waals surface area contributed by atoms with Crippen LogP contribution in [0.25, 0.3) is 10.9 Å². The highest BCUT2D eigenvalue weighted by Crippen LogP contribution is 2.27. The number of benzene rings is 3. The molecular formula is C36H40ClN7O6S. The molecule has 0 radical (unpaired) electrons. The van der Waals surface area contributed by atoms with Gasteiger partial charge < -0.3 is 25.5 Å². The number of carboxylic acid groups (broad SMARTS) is 1. The molecule has 15 heteroatoms. The number of aromatic carboxylic acids is 1. The smallest absolute Gasteiger partial charge is 0.339 e. The molecule has 0 spiro atoms. The number of hydrogen-bond donors (Lipinski definition) is 5. The molecule has 5 aromatic rings. The molecule has 0 aliphatic heterocycles. The molecule has 0 aliphatic rings. The lowest BCUT2D eigenvalue weighted by molar-refractivity contribution is 0.0693. The molecule has 13 nitrogen and oxygen atoms in total. The maximum atomic E-state index is 12.3. The molecule has 3 aromatic carbocycles. The van der Waals surface area contributed by atoms with Crippen LogP contribution in [0.5, 0.6) is 5.75 Å². The highest BCUT2D eigenvalue weighted by atomic mass is 35.5. The van der Waals surface area contributed by atoms with E-state index < -0.39 is 16.0 Å². The van der Waals surface area contributed by atoms with E-state index >= 15 is 0 Å². The molecule has 0 fully saturated rings. The van der Waals surface area contributed by atoms with Gasteiger partial charge in [0, 0.05) is 41.1 Å². The number of fused-ring (bicyclic) bond motifs is 1. The van der Waals surface area contributed by atoms with Gasteiger partial charge in [0.2, 0.25) is 0 Å². The fraction of sp³-hybridized carbons (Fsp3) is 0.250. The first kappa shape index (κ1) is 38.6. The number of rotatable bonds is 15.